The van der Waals surface area contributed by atoms with E-state index < -0.39 is 0 Å². The van der Waals surface area contributed by atoms with Crippen molar-refractivity contribution in [2.45, 2.75) is 0 Å². The Morgan fingerprint density at radius 1 is 1.17 bits per heavy atom. The van der Waals surface area contributed by atoms with Gasteiger partial charge in [-0.3, -0.25) is 4.79 Å². The minimum absolute atomic E-state index is 0.0541. The van der Waals surface area contributed by atoms with Crippen molar-refractivity contribution in [3.63, 3.8) is 0 Å². The van der Waals surface area contributed by atoms with E-state index in [1.807, 2.05) is 0 Å². The number of hydrogen-bond acceptors (Lipinski definition) is 5. The number of benzene rings is 1. The molecule has 6 nitrogen and oxygen atoms in total. The van der Waals surface area contributed by atoms with E-state index in [0.717, 1.165) is 0 Å². The standard InChI is InChI=1S/C12H8N4O2/c17-8-2-1-7-5-10(11-13-3-4-14-16-11)15-12(18)9(7)6-8/h1-6,17H,(H,15,18). The number of nitrogens with one attached hydrogen (secondary N) is 1. The molecule has 0 saturated carbocycles. The molecule has 0 atom stereocenters. The summed E-state index contributed by atoms with van der Waals surface area (Å²) in [5.41, 5.74) is 0.192. The van der Waals surface area contributed by atoms with Crippen LogP contribution >= 0.6 is 0 Å². The van der Waals surface area contributed by atoms with Gasteiger partial charge in [0.2, 0.25) is 0 Å². The molecule has 0 amide bonds. The van der Waals surface area contributed by atoms with Crippen molar-refractivity contribution in [3.8, 4) is 17.3 Å². The van der Waals surface area contributed by atoms with Crippen LogP contribution in [0, 0.1) is 0 Å². The second-order valence-corrected chi connectivity index (χ2v) is 3.75. The van der Waals surface area contributed by atoms with Crippen molar-refractivity contribution in [3.05, 3.63) is 47.0 Å². The molecule has 18 heavy (non-hydrogen) atoms. The van der Waals surface area contributed by atoms with Gasteiger partial charge < -0.3 is 10.1 Å². The van der Waals surface area contributed by atoms with Crippen molar-refractivity contribution in [1.29, 1.82) is 0 Å². The molecule has 0 spiro atoms. The van der Waals surface area contributed by atoms with E-state index in [1.165, 1.54) is 24.5 Å². The quantitative estimate of drug-likeness (QED) is 0.664. The topological polar surface area (TPSA) is 91.8 Å². The third kappa shape index (κ3) is 1.69. The summed E-state index contributed by atoms with van der Waals surface area (Å²) in [6.07, 6.45) is 2.96. The van der Waals surface area contributed by atoms with Crippen LogP contribution in [0.4, 0.5) is 0 Å². The molecule has 0 aliphatic carbocycles. The van der Waals surface area contributed by atoms with E-state index in [2.05, 4.69) is 20.2 Å². The highest BCUT2D eigenvalue weighted by Crippen LogP contribution is 2.19. The largest absolute Gasteiger partial charge is 0.508 e. The third-order valence-corrected chi connectivity index (χ3v) is 2.55. The lowest BCUT2D eigenvalue weighted by Crippen LogP contribution is -2.08. The van der Waals surface area contributed by atoms with Gasteiger partial charge in [0.25, 0.3) is 5.56 Å². The Labute approximate surface area is 101 Å². The first-order chi connectivity index (χ1) is 8.74. The zero-order valence-corrected chi connectivity index (χ0v) is 9.16. The first kappa shape index (κ1) is 10.4. The van der Waals surface area contributed by atoms with Crippen LogP contribution in [0.2, 0.25) is 0 Å². The minimum Gasteiger partial charge on any atom is -0.508 e. The average molecular weight is 240 g/mol. The van der Waals surface area contributed by atoms with Crippen LogP contribution in [0.15, 0.2) is 41.5 Å². The molecule has 0 aliphatic rings. The summed E-state index contributed by atoms with van der Waals surface area (Å²) < 4.78 is 0. The molecule has 2 N–H and O–H groups in total. The SMILES string of the molecule is O=c1[nH]c(-c2nccnn2)cc2ccc(O)cc12. The molecule has 2 heterocycles. The van der Waals surface area contributed by atoms with E-state index in [9.17, 15) is 9.90 Å². The maximum Gasteiger partial charge on any atom is 0.256 e. The predicted molar refractivity (Wildman–Crippen MR) is 65.1 cm³/mol. The smallest absolute Gasteiger partial charge is 0.256 e. The molecule has 0 radical (unpaired) electrons. The van der Waals surface area contributed by atoms with Crippen molar-refractivity contribution >= 4 is 10.8 Å². The highest BCUT2D eigenvalue weighted by atomic mass is 16.3. The molecular formula is C12H8N4O2. The first-order valence-corrected chi connectivity index (χ1v) is 5.24. The molecule has 2 aromatic heterocycles. The second kappa shape index (κ2) is 3.92. The van der Waals surface area contributed by atoms with Gasteiger partial charge in [0.15, 0.2) is 5.82 Å². The number of aromatic nitrogens is 4. The van der Waals surface area contributed by atoms with E-state index >= 15 is 0 Å². The Balaban J connectivity index is 2.29. The Morgan fingerprint density at radius 3 is 2.83 bits per heavy atom. The number of phenolic OH excluding ortho intramolecular Hbond substituents is 1. The van der Waals surface area contributed by atoms with Crippen LogP contribution in [0.5, 0.6) is 5.75 Å². The predicted octanol–water partition coefficient (Wildman–Crippen LogP) is 1.09. The monoisotopic (exact) mass is 240 g/mol. The lowest BCUT2D eigenvalue weighted by molar-refractivity contribution is 0.476. The van der Waals surface area contributed by atoms with Crippen LogP contribution in [-0.2, 0) is 0 Å². The molecule has 0 unspecified atom stereocenters. The van der Waals surface area contributed by atoms with Crippen LogP contribution in [-0.4, -0.2) is 25.3 Å². The lowest BCUT2D eigenvalue weighted by atomic mass is 10.1. The Bertz CT molecular complexity index is 768. The van der Waals surface area contributed by atoms with Crippen LogP contribution in [0.1, 0.15) is 0 Å². The lowest BCUT2D eigenvalue weighted by Gasteiger charge is -2.02. The van der Waals surface area contributed by atoms with Gasteiger partial charge in [0.1, 0.15) is 5.75 Å². The number of hydrogen-bond donors (Lipinski definition) is 2. The maximum absolute atomic E-state index is 11.9. The highest BCUT2D eigenvalue weighted by molar-refractivity contribution is 5.85. The number of aromatic amines is 1. The molecule has 0 bridgehead atoms. The van der Waals surface area contributed by atoms with Crippen LogP contribution in [0.3, 0.4) is 0 Å². The van der Waals surface area contributed by atoms with Gasteiger partial charge >= 0.3 is 0 Å². The van der Waals surface area contributed by atoms with E-state index in [0.29, 0.717) is 22.3 Å². The van der Waals surface area contributed by atoms with Gasteiger partial charge in [-0.25, -0.2) is 4.98 Å². The van der Waals surface area contributed by atoms with Crippen LogP contribution < -0.4 is 5.56 Å². The van der Waals surface area contributed by atoms with Gasteiger partial charge in [0.05, 0.1) is 17.3 Å². The average Bonchev–Trinajstić information content (AvgIpc) is 2.40. The third-order valence-electron chi connectivity index (χ3n) is 2.55. The maximum atomic E-state index is 11.9. The Morgan fingerprint density at radius 2 is 2.06 bits per heavy atom. The number of rotatable bonds is 1. The normalized spacial score (nSPS) is 10.7. The molecule has 3 aromatic rings. The molecule has 0 aliphatic heterocycles. The number of phenols is 1. The fourth-order valence-electron chi connectivity index (χ4n) is 1.74. The summed E-state index contributed by atoms with van der Waals surface area (Å²) in [5.74, 6) is 0.406. The van der Waals surface area contributed by atoms with Crippen molar-refractivity contribution in [2.24, 2.45) is 0 Å². The minimum atomic E-state index is -0.300. The van der Waals surface area contributed by atoms with Gasteiger partial charge in [-0.2, -0.15) is 5.10 Å². The fourth-order valence-corrected chi connectivity index (χ4v) is 1.74. The zero-order valence-electron chi connectivity index (χ0n) is 9.16. The van der Waals surface area contributed by atoms with Gasteiger partial charge in [-0.15, -0.1) is 5.10 Å². The highest BCUT2D eigenvalue weighted by Gasteiger charge is 2.06. The zero-order chi connectivity index (χ0) is 12.5. The Hall–Kier alpha value is -2.76. The van der Waals surface area contributed by atoms with Crippen molar-refractivity contribution in [2.75, 3.05) is 0 Å². The summed E-state index contributed by atoms with van der Waals surface area (Å²) in [6.45, 7) is 0. The van der Waals surface area contributed by atoms with E-state index in [1.54, 1.807) is 12.1 Å². The molecule has 6 heteroatoms. The van der Waals surface area contributed by atoms with Crippen LogP contribution in [0.25, 0.3) is 22.3 Å². The van der Waals surface area contributed by atoms with Gasteiger partial charge in [-0.05, 0) is 23.6 Å². The number of H-pyrrole nitrogens is 1. The molecule has 3 rings (SSSR count). The number of pyridine rings is 1. The molecule has 0 fully saturated rings. The number of aromatic hydroxyl groups is 1. The van der Waals surface area contributed by atoms with E-state index in [4.69, 9.17) is 0 Å². The van der Waals surface area contributed by atoms with Gasteiger partial charge in [0, 0.05) is 6.20 Å². The summed E-state index contributed by atoms with van der Waals surface area (Å²) in [6, 6.07) is 6.35. The summed E-state index contributed by atoms with van der Waals surface area (Å²) in [4.78, 5) is 18.6. The molecule has 0 saturated heterocycles. The van der Waals surface area contributed by atoms with Gasteiger partial charge in [-0.1, -0.05) is 6.07 Å². The first-order valence-electron chi connectivity index (χ1n) is 5.24. The Kier molecular flexibility index (Phi) is 2.26. The number of nitrogens with zero attached hydrogens (tertiary/aromatic N) is 3. The second-order valence-electron chi connectivity index (χ2n) is 3.75. The molecule has 88 valence electrons. The molecule has 1 aromatic carbocycles. The summed E-state index contributed by atoms with van der Waals surface area (Å²) >= 11 is 0. The summed E-state index contributed by atoms with van der Waals surface area (Å²) in [5, 5.41) is 18.0. The molecular weight excluding hydrogens is 232 g/mol. The number of fused-ring (bicyclic) bond motifs is 1. The van der Waals surface area contributed by atoms with Crippen molar-refractivity contribution in [1.82, 2.24) is 20.2 Å². The summed E-state index contributed by atoms with van der Waals surface area (Å²) in [7, 11) is 0. The van der Waals surface area contributed by atoms with E-state index in [-0.39, 0.29) is 11.3 Å². The fraction of sp³-hybridized carbons (Fsp3) is 0. The van der Waals surface area contributed by atoms with Crippen molar-refractivity contribution < 1.29 is 5.11 Å².